The molecule has 12 nitrogen and oxygen atoms in total. The Bertz CT molecular complexity index is 2110. The molecular weight excluding hydrogens is 665 g/mol. The van der Waals surface area contributed by atoms with Crippen LogP contribution in [0.15, 0.2) is 91.3 Å². The third-order valence-electron chi connectivity index (χ3n) is 8.16. The zero-order chi connectivity index (χ0) is 33.1. The first kappa shape index (κ1) is 36.1. The zero-order valence-corrected chi connectivity index (χ0v) is 28.0. The van der Waals surface area contributed by atoms with Crippen molar-refractivity contribution in [2.75, 3.05) is 23.4 Å². The fraction of sp³-hybridized carbons (Fsp3) is 0.171. The first-order valence-electron chi connectivity index (χ1n) is 14.9. The van der Waals surface area contributed by atoms with Crippen molar-refractivity contribution >= 4 is 64.8 Å². The summed E-state index contributed by atoms with van der Waals surface area (Å²) >= 11 is 0. The topological polar surface area (TPSA) is 160 Å². The maximum absolute atomic E-state index is 14.5. The Kier molecular flexibility index (Phi) is 11.3. The highest BCUT2D eigenvalue weighted by Gasteiger charge is 2.38. The van der Waals surface area contributed by atoms with Gasteiger partial charge in [0, 0.05) is 23.3 Å². The predicted octanol–water partition coefficient (Wildman–Crippen LogP) is 4.29. The number of hydrogen-bond acceptors (Lipinski definition) is 8. The SMILES string of the molecule is CNC(C)C(=O)NC1CN(C(=O)c2ccncc2)c2cc(C#N)ccc2N(Cc2nn(-c3ccccc3C#N)c3ccccc23)C1=O.Cl.Cl. The number of anilines is 2. The van der Waals surface area contributed by atoms with Gasteiger partial charge in [0.05, 0.1) is 64.6 Å². The van der Waals surface area contributed by atoms with Crippen LogP contribution in [0.5, 0.6) is 0 Å². The number of nitrogens with one attached hydrogen (secondary N) is 2. The molecule has 0 fully saturated rings. The van der Waals surface area contributed by atoms with E-state index < -0.39 is 29.8 Å². The van der Waals surface area contributed by atoms with Crippen LogP contribution in [0.2, 0.25) is 0 Å². The van der Waals surface area contributed by atoms with Crippen molar-refractivity contribution in [3.05, 3.63) is 114 Å². The smallest absolute Gasteiger partial charge is 0.258 e. The summed E-state index contributed by atoms with van der Waals surface area (Å²) in [5.41, 5.74) is 3.58. The molecule has 49 heavy (non-hydrogen) atoms. The Balaban J connectivity index is 0.00000270. The Morgan fingerprint density at radius 2 is 1.65 bits per heavy atom. The van der Waals surface area contributed by atoms with Crippen LogP contribution in [-0.2, 0) is 16.1 Å². The molecule has 3 aromatic carbocycles. The van der Waals surface area contributed by atoms with E-state index >= 15 is 0 Å². The lowest BCUT2D eigenvalue weighted by atomic mass is 10.1. The van der Waals surface area contributed by atoms with Crippen LogP contribution in [0.4, 0.5) is 11.4 Å². The number of rotatable bonds is 7. The number of carbonyl (C=O) groups is 3. The maximum atomic E-state index is 14.5. The molecule has 6 rings (SSSR count). The van der Waals surface area contributed by atoms with E-state index in [1.807, 2.05) is 30.3 Å². The van der Waals surface area contributed by atoms with Crippen molar-refractivity contribution < 1.29 is 14.4 Å². The number of carbonyl (C=O) groups excluding carboxylic acids is 3. The van der Waals surface area contributed by atoms with E-state index in [1.165, 1.54) is 22.2 Å². The standard InChI is InChI=1S/C35H29N9O3.2ClH/c1-22(38-2)33(45)40-28-21-43(34(46)24-13-15-39-16-14-24)32-17-23(18-36)11-12-31(32)42(35(28)47)20-27-26-8-4-6-10-30(26)44(41-27)29-9-5-3-7-25(29)19-37;;/h3-17,22,28,38H,20-21H2,1-2H3,(H,40,45);2*1H. The van der Waals surface area contributed by atoms with Gasteiger partial charge in [-0.25, -0.2) is 4.68 Å². The summed E-state index contributed by atoms with van der Waals surface area (Å²) in [4.78, 5) is 48.6. The number of nitrogens with zero attached hydrogens (tertiary/aromatic N) is 7. The van der Waals surface area contributed by atoms with Gasteiger partial charge in [0.15, 0.2) is 0 Å². The van der Waals surface area contributed by atoms with Gasteiger partial charge in [-0.2, -0.15) is 15.6 Å². The number of amides is 3. The minimum absolute atomic E-state index is 0. The molecule has 2 aromatic heterocycles. The number of aromatic nitrogens is 3. The molecule has 0 spiro atoms. The molecule has 1 aliphatic rings. The number of nitriles is 2. The number of para-hydroxylation sites is 2. The van der Waals surface area contributed by atoms with Crippen LogP contribution in [0.25, 0.3) is 16.6 Å². The Morgan fingerprint density at radius 3 is 2.37 bits per heavy atom. The van der Waals surface area contributed by atoms with Crippen molar-refractivity contribution in [1.82, 2.24) is 25.4 Å². The molecular formula is C35H31Cl2N9O3. The third kappa shape index (κ3) is 6.93. The van der Waals surface area contributed by atoms with Crippen molar-refractivity contribution in [3.8, 4) is 17.8 Å². The molecule has 0 saturated carbocycles. The summed E-state index contributed by atoms with van der Waals surface area (Å²) in [7, 11) is 1.63. The third-order valence-corrected chi connectivity index (χ3v) is 8.16. The van der Waals surface area contributed by atoms with Gasteiger partial charge in [-0.15, -0.1) is 24.8 Å². The second-order valence-corrected chi connectivity index (χ2v) is 11.0. The predicted molar refractivity (Wildman–Crippen MR) is 189 cm³/mol. The van der Waals surface area contributed by atoms with Gasteiger partial charge in [-0.1, -0.05) is 30.3 Å². The van der Waals surface area contributed by atoms with E-state index in [-0.39, 0.29) is 43.5 Å². The van der Waals surface area contributed by atoms with Crippen molar-refractivity contribution in [2.24, 2.45) is 0 Å². The maximum Gasteiger partial charge on any atom is 0.258 e. The van der Waals surface area contributed by atoms with Crippen molar-refractivity contribution in [3.63, 3.8) is 0 Å². The van der Waals surface area contributed by atoms with E-state index in [1.54, 1.807) is 67.2 Å². The van der Waals surface area contributed by atoms with Gasteiger partial charge in [0.25, 0.3) is 11.8 Å². The molecule has 2 N–H and O–H groups in total. The van der Waals surface area contributed by atoms with Crippen LogP contribution in [0.3, 0.4) is 0 Å². The summed E-state index contributed by atoms with van der Waals surface area (Å²) in [6.45, 7) is 1.44. The van der Waals surface area contributed by atoms with E-state index in [4.69, 9.17) is 5.10 Å². The molecule has 14 heteroatoms. The van der Waals surface area contributed by atoms with Gasteiger partial charge in [0.2, 0.25) is 5.91 Å². The first-order chi connectivity index (χ1) is 22.8. The Morgan fingerprint density at radius 1 is 0.939 bits per heavy atom. The number of hydrogen-bond donors (Lipinski definition) is 2. The number of benzene rings is 3. The average Bonchev–Trinajstić information content (AvgIpc) is 3.44. The minimum Gasteiger partial charge on any atom is -0.341 e. The summed E-state index contributed by atoms with van der Waals surface area (Å²) in [5.74, 6) is -1.32. The molecule has 248 valence electrons. The van der Waals surface area contributed by atoms with E-state index in [0.717, 1.165) is 10.9 Å². The van der Waals surface area contributed by atoms with Gasteiger partial charge >= 0.3 is 0 Å². The van der Waals surface area contributed by atoms with Crippen LogP contribution >= 0.6 is 24.8 Å². The highest BCUT2D eigenvalue weighted by atomic mass is 35.5. The molecule has 0 saturated heterocycles. The lowest BCUT2D eigenvalue weighted by Gasteiger charge is -2.26. The van der Waals surface area contributed by atoms with E-state index in [0.29, 0.717) is 33.9 Å². The summed E-state index contributed by atoms with van der Waals surface area (Å²) in [5, 5.41) is 31.0. The molecule has 5 aromatic rings. The van der Waals surface area contributed by atoms with Gasteiger partial charge < -0.3 is 20.4 Å². The highest BCUT2D eigenvalue weighted by Crippen LogP contribution is 2.37. The molecule has 0 aliphatic carbocycles. The lowest BCUT2D eigenvalue weighted by Crippen LogP contribution is -2.55. The number of pyridine rings is 1. The molecule has 3 amide bonds. The summed E-state index contributed by atoms with van der Waals surface area (Å²) < 4.78 is 1.68. The Labute approximate surface area is 294 Å². The lowest BCUT2D eigenvalue weighted by molar-refractivity contribution is -0.128. The molecule has 3 heterocycles. The largest absolute Gasteiger partial charge is 0.341 e. The fourth-order valence-electron chi connectivity index (χ4n) is 5.58. The second-order valence-electron chi connectivity index (χ2n) is 11.0. The fourth-order valence-corrected chi connectivity index (χ4v) is 5.58. The number of fused-ring (bicyclic) bond motifs is 2. The van der Waals surface area contributed by atoms with Crippen LogP contribution in [0.1, 0.15) is 34.1 Å². The number of likely N-dealkylation sites (N-methyl/N-ethyl adjacent to an activating group) is 1. The second kappa shape index (κ2) is 15.4. The van der Waals surface area contributed by atoms with E-state index in [2.05, 4.69) is 27.8 Å². The highest BCUT2D eigenvalue weighted by molar-refractivity contribution is 6.13. The van der Waals surface area contributed by atoms with Crippen molar-refractivity contribution in [2.45, 2.75) is 25.6 Å². The van der Waals surface area contributed by atoms with Gasteiger partial charge in [-0.3, -0.25) is 19.4 Å². The molecule has 0 bridgehead atoms. The quantitative estimate of drug-likeness (QED) is 0.255. The monoisotopic (exact) mass is 695 g/mol. The molecule has 2 unspecified atom stereocenters. The summed E-state index contributed by atoms with van der Waals surface area (Å²) in [6, 6.07) is 25.1. The molecule has 2 atom stereocenters. The first-order valence-corrected chi connectivity index (χ1v) is 14.9. The number of halogens is 2. The van der Waals surface area contributed by atoms with Gasteiger partial charge in [0.1, 0.15) is 12.1 Å². The van der Waals surface area contributed by atoms with E-state index in [9.17, 15) is 24.9 Å². The minimum atomic E-state index is -1.14. The van der Waals surface area contributed by atoms with Crippen LogP contribution in [-0.4, -0.2) is 58.2 Å². The van der Waals surface area contributed by atoms with Crippen molar-refractivity contribution in [1.29, 1.82) is 10.5 Å². The van der Waals surface area contributed by atoms with Gasteiger partial charge in [-0.05, 0) is 62.5 Å². The Hall–Kier alpha value is -5.79. The van der Waals surface area contributed by atoms with Crippen LogP contribution < -0.4 is 20.4 Å². The zero-order valence-electron chi connectivity index (χ0n) is 26.4. The molecule has 0 radical (unpaired) electrons. The van der Waals surface area contributed by atoms with Crippen LogP contribution in [0, 0.1) is 22.7 Å². The normalized spacial score (nSPS) is 14.3. The average molecular weight is 697 g/mol. The summed E-state index contributed by atoms with van der Waals surface area (Å²) in [6.07, 6.45) is 2.99. The molecule has 1 aliphatic heterocycles.